The highest BCUT2D eigenvalue weighted by Gasteiger charge is 2.39. The zero-order chi connectivity index (χ0) is 21.4. The number of nitrogens with one attached hydrogen (secondary N) is 1. The fraction of sp³-hybridized carbons (Fsp3) is 0.565. The molecule has 1 aromatic heterocycles. The quantitative estimate of drug-likeness (QED) is 0.797. The topological polar surface area (TPSA) is 50.2 Å². The van der Waals surface area contributed by atoms with E-state index in [1.54, 1.807) is 0 Å². The molecule has 5 nitrogen and oxygen atoms in total. The van der Waals surface area contributed by atoms with Gasteiger partial charge >= 0.3 is 0 Å². The summed E-state index contributed by atoms with van der Waals surface area (Å²) in [6, 6.07) is 8.90. The molecule has 2 aliphatic rings. The monoisotopic (exact) mass is 416 g/mol. The number of alkyl halides is 2. The molecule has 0 radical (unpaired) electrons. The molecule has 7 heteroatoms. The van der Waals surface area contributed by atoms with E-state index in [0.29, 0.717) is 18.8 Å². The molecule has 3 heterocycles. The van der Waals surface area contributed by atoms with E-state index in [1.165, 1.54) is 10.2 Å². The number of benzene rings is 1. The van der Waals surface area contributed by atoms with Gasteiger partial charge in [0.2, 0.25) is 5.91 Å². The highest BCUT2D eigenvalue weighted by atomic mass is 19.3. The van der Waals surface area contributed by atoms with Crippen molar-refractivity contribution in [1.82, 2.24) is 14.7 Å². The molecule has 1 amide bonds. The van der Waals surface area contributed by atoms with Crippen molar-refractivity contribution in [3.05, 3.63) is 47.2 Å². The maximum Gasteiger partial charge on any atom is 0.260 e. The number of fused-ring (bicyclic) bond motifs is 1. The number of rotatable bonds is 4. The number of hydrogen-bond acceptors (Lipinski definition) is 3. The maximum atomic E-state index is 13.7. The number of aromatic nitrogens is 2. The predicted molar refractivity (Wildman–Crippen MR) is 113 cm³/mol. The van der Waals surface area contributed by atoms with Gasteiger partial charge in [-0.25, -0.2) is 13.5 Å². The zero-order valence-electron chi connectivity index (χ0n) is 17.8. The Morgan fingerprint density at radius 3 is 2.67 bits per heavy atom. The van der Waals surface area contributed by atoms with Crippen molar-refractivity contribution >= 4 is 11.7 Å². The number of carbonyl (C=O) groups excluding carboxylic acids is 1. The van der Waals surface area contributed by atoms with Gasteiger partial charge in [-0.1, -0.05) is 29.8 Å². The summed E-state index contributed by atoms with van der Waals surface area (Å²) >= 11 is 0. The summed E-state index contributed by atoms with van der Waals surface area (Å²) < 4.78 is 28.9. The summed E-state index contributed by atoms with van der Waals surface area (Å²) in [5, 5.41) is 7.68. The first-order valence-corrected chi connectivity index (χ1v) is 10.8. The number of carbonyl (C=O) groups is 1. The van der Waals surface area contributed by atoms with E-state index >= 15 is 0 Å². The Balaban J connectivity index is 1.47. The molecule has 4 atom stereocenters. The number of anilines is 1. The van der Waals surface area contributed by atoms with Crippen LogP contribution in [0.4, 0.5) is 14.6 Å². The molecule has 4 rings (SSSR count). The molecule has 0 unspecified atom stereocenters. The van der Waals surface area contributed by atoms with E-state index < -0.39 is 12.5 Å². The molecular formula is C23H30F2N4O. The van der Waals surface area contributed by atoms with Crippen LogP contribution >= 0.6 is 0 Å². The van der Waals surface area contributed by atoms with Gasteiger partial charge in [0, 0.05) is 25.2 Å². The molecule has 0 spiro atoms. The van der Waals surface area contributed by atoms with Crippen LogP contribution in [0.1, 0.15) is 55.0 Å². The molecule has 2 aromatic rings. The van der Waals surface area contributed by atoms with E-state index in [2.05, 4.69) is 10.4 Å². The van der Waals surface area contributed by atoms with E-state index in [9.17, 15) is 13.6 Å². The van der Waals surface area contributed by atoms with Crippen LogP contribution in [0.2, 0.25) is 0 Å². The SMILES string of the molecule is Cc1ccc([C@H](C)C(=O)N2CCC[C@H]([C@@H]3C[C@H](C(F)F)n4nc(C)cc4N3)C2)cc1. The molecule has 1 saturated heterocycles. The van der Waals surface area contributed by atoms with Gasteiger partial charge in [-0.15, -0.1) is 0 Å². The van der Waals surface area contributed by atoms with Crippen LogP contribution in [0.15, 0.2) is 30.3 Å². The van der Waals surface area contributed by atoms with Crippen molar-refractivity contribution in [2.24, 2.45) is 5.92 Å². The Kier molecular flexibility index (Phi) is 5.80. The van der Waals surface area contributed by atoms with Crippen molar-refractivity contribution in [3.63, 3.8) is 0 Å². The molecule has 162 valence electrons. The van der Waals surface area contributed by atoms with Gasteiger partial charge in [0.05, 0.1) is 11.6 Å². The molecule has 2 aliphatic heterocycles. The molecular weight excluding hydrogens is 386 g/mol. The average Bonchev–Trinajstić information content (AvgIpc) is 3.12. The van der Waals surface area contributed by atoms with Crippen molar-refractivity contribution in [2.45, 2.75) is 64.5 Å². The van der Waals surface area contributed by atoms with Crippen molar-refractivity contribution in [3.8, 4) is 0 Å². The lowest BCUT2D eigenvalue weighted by atomic mass is 9.85. The summed E-state index contributed by atoms with van der Waals surface area (Å²) in [5.41, 5.74) is 2.92. The van der Waals surface area contributed by atoms with Crippen LogP contribution in [-0.2, 0) is 4.79 Å². The number of nitrogens with zero attached hydrogens (tertiary/aromatic N) is 3. The number of piperidine rings is 1. The number of halogens is 2. The third kappa shape index (κ3) is 4.07. The second-order valence-electron chi connectivity index (χ2n) is 8.82. The highest BCUT2D eigenvalue weighted by molar-refractivity contribution is 5.83. The first-order valence-electron chi connectivity index (χ1n) is 10.8. The van der Waals surface area contributed by atoms with Crippen LogP contribution in [-0.4, -0.2) is 46.1 Å². The number of likely N-dealkylation sites (tertiary alicyclic amines) is 1. The first kappa shape index (κ1) is 20.8. The van der Waals surface area contributed by atoms with E-state index in [1.807, 2.05) is 56.0 Å². The summed E-state index contributed by atoms with van der Waals surface area (Å²) in [6.45, 7) is 7.13. The Morgan fingerprint density at radius 2 is 1.97 bits per heavy atom. The number of hydrogen-bond donors (Lipinski definition) is 1. The Hall–Kier alpha value is -2.44. The number of aryl methyl sites for hydroxylation is 2. The van der Waals surface area contributed by atoms with Gasteiger partial charge in [0.1, 0.15) is 11.9 Å². The standard InChI is InChI=1S/C23H30F2N4O/c1-14-6-8-17(9-7-14)16(3)23(30)28-10-4-5-18(13-28)19-12-20(22(24)25)29-21(26-19)11-15(2)27-29/h6-9,11,16,18-20,22,26H,4-5,10,12-13H2,1-3H3/t16-,18-,19-,20+/m0/s1. The van der Waals surface area contributed by atoms with E-state index in [0.717, 1.165) is 30.6 Å². The summed E-state index contributed by atoms with van der Waals surface area (Å²) in [5.74, 6) is 0.718. The van der Waals surface area contributed by atoms with Crippen LogP contribution in [0.25, 0.3) is 0 Å². The lowest BCUT2D eigenvalue weighted by Crippen LogP contribution is -2.49. The number of amides is 1. The van der Waals surface area contributed by atoms with E-state index in [-0.39, 0.29) is 23.8 Å². The minimum atomic E-state index is -2.46. The van der Waals surface area contributed by atoms with Crippen molar-refractivity contribution < 1.29 is 13.6 Å². The highest BCUT2D eigenvalue weighted by Crippen LogP contribution is 2.37. The molecule has 0 aliphatic carbocycles. The third-order valence-electron chi connectivity index (χ3n) is 6.58. The smallest absolute Gasteiger partial charge is 0.260 e. The lowest BCUT2D eigenvalue weighted by Gasteiger charge is -2.41. The summed E-state index contributed by atoms with van der Waals surface area (Å²) in [7, 11) is 0. The second-order valence-corrected chi connectivity index (χ2v) is 8.82. The lowest BCUT2D eigenvalue weighted by molar-refractivity contribution is -0.134. The largest absolute Gasteiger partial charge is 0.367 e. The zero-order valence-corrected chi connectivity index (χ0v) is 17.8. The van der Waals surface area contributed by atoms with Crippen molar-refractivity contribution in [2.75, 3.05) is 18.4 Å². The van der Waals surface area contributed by atoms with E-state index in [4.69, 9.17) is 0 Å². The Bertz CT molecular complexity index is 895. The summed E-state index contributed by atoms with van der Waals surface area (Å²) in [4.78, 5) is 15.1. The molecule has 1 fully saturated rings. The summed E-state index contributed by atoms with van der Waals surface area (Å²) in [6.07, 6.45) is -0.307. The fourth-order valence-corrected chi connectivity index (χ4v) is 4.82. The Labute approximate surface area is 176 Å². The third-order valence-corrected chi connectivity index (χ3v) is 6.58. The van der Waals surface area contributed by atoms with Gasteiger partial charge < -0.3 is 10.2 Å². The molecule has 30 heavy (non-hydrogen) atoms. The van der Waals surface area contributed by atoms with Crippen molar-refractivity contribution in [1.29, 1.82) is 0 Å². The van der Waals surface area contributed by atoms with Crippen LogP contribution < -0.4 is 5.32 Å². The van der Waals surface area contributed by atoms with Crippen LogP contribution in [0, 0.1) is 19.8 Å². The second kappa shape index (κ2) is 8.36. The Morgan fingerprint density at radius 1 is 1.23 bits per heavy atom. The fourth-order valence-electron chi connectivity index (χ4n) is 4.82. The minimum Gasteiger partial charge on any atom is -0.367 e. The normalized spacial score (nSPS) is 25.0. The average molecular weight is 417 g/mol. The van der Waals surface area contributed by atoms with Gasteiger partial charge in [-0.3, -0.25) is 4.79 Å². The predicted octanol–water partition coefficient (Wildman–Crippen LogP) is 4.53. The van der Waals surface area contributed by atoms with Crippen LogP contribution in [0.5, 0.6) is 0 Å². The van der Waals surface area contributed by atoms with Gasteiger partial charge in [0.15, 0.2) is 0 Å². The first-order chi connectivity index (χ1) is 14.3. The minimum absolute atomic E-state index is 0.0853. The van der Waals surface area contributed by atoms with Crippen LogP contribution in [0.3, 0.4) is 0 Å². The van der Waals surface area contributed by atoms with Gasteiger partial charge in [0.25, 0.3) is 6.43 Å². The molecule has 1 N–H and O–H groups in total. The molecule has 1 aromatic carbocycles. The molecule has 0 bridgehead atoms. The maximum absolute atomic E-state index is 13.7. The molecule has 0 saturated carbocycles. The van der Waals surface area contributed by atoms with Gasteiger partial charge in [-0.05, 0) is 51.5 Å². The van der Waals surface area contributed by atoms with Gasteiger partial charge in [-0.2, -0.15) is 5.10 Å².